The lowest BCUT2D eigenvalue weighted by molar-refractivity contribution is -0.379. The maximum Gasteiger partial charge on any atom is 0.217 e. The van der Waals surface area contributed by atoms with Crippen molar-refractivity contribution in [2.45, 2.75) is 198 Å². The Morgan fingerprint density at radius 2 is 0.699 bits per heavy atom. The van der Waals surface area contributed by atoms with E-state index in [1.165, 1.54) is 0 Å². The monoisotopic (exact) mass is 1070 g/mol. The molecule has 73 heavy (non-hydrogen) atoms. The molecular weight excluding hydrogens is 1000 g/mol. The number of carbonyl (C=O) groups excluding carboxylic acids is 2. The zero-order valence-electron chi connectivity index (χ0n) is 38.9. The number of aliphatic hydroxyl groups is 18. The number of aliphatic hydroxyl groups excluding tert-OH is 18. The Labute approximate surface area is 413 Å². The molecule has 6 rings (SSSR count). The maximum atomic E-state index is 12.6. The van der Waals surface area contributed by atoms with Crippen LogP contribution in [0, 0.1) is 0 Å². The van der Waals surface area contributed by atoms with E-state index < -0.39 is 236 Å². The lowest BCUT2D eigenvalue weighted by Gasteiger charge is -2.49. The van der Waals surface area contributed by atoms with Crippen LogP contribution >= 0.6 is 0 Å². The van der Waals surface area contributed by atoms with Gasteiger partial charge in [0.25, 0.3) is 0 Å². The molecule has 6 heterocycles. The van der Waals surface area contributed by atoms with Crippen LogP contribution in [0.5, 0.6) is 0 Å². The summed E-state index contributed by atoms with van der Waals surface area (Å²) in [5.41, 5.74) is 0. The Balaban J connectivity index is 1.17. The summed E-state index contributed by atoms with van der Waals surface area (Å²) in [5.74, 6) is -1.56. The Morgan fingerprint density at radius 3 is 1.16 bits per heavy atom. The highest BCUT2D eigenvalue weighted by Gasteiger charge is 2.56. The van der Waals surface area contributed by atoms with Crippen LogP contribution in [0.4, 0.5) is 0 Å². The van der Waals surface area contributed by atoms with Gasteiger partial charge in [0.05, 0.1) is 39.6 Å². The van der Waals surface area contributed by atoms with E-state index in [2.05, 4.69) is 10.6 Å². The molecule has 424 valence electrons. The molecule has 0 aromatic rings. The molecule has 0 aliphatic carbocycles. The molecular formula is C40H68N2O31. The average molecular weight is 1070 g/mol. The van der Waals surface area contributed by atoms with Crippen LogP contribution in [0.3, 0.4) is 0 Å². The van der Waals surface area contributed by atoms with Gasteiger partial charge in [0.1, 0.15) is 146 Å². The topological polar surface area (TPSA) is 524 Å². The summed E-state index contributed by atoms with van der Waals surface area (Å²) in [6.45, 7) is -3.26. The lowest BCUT2D eigenvalue weighted by Crippen LogP contribution is -2.69. The van der Waals surface area contributed by atoms with Gasteiger partial charge in [-0.15, -0.1) is 0 Å². The van der Waals surface area contributed by atoms with Gasteiger partial charge in [-0.05, 0) is 0 Å². The smallest absolute Gasteiger partial charge is 0.217 e. The summed E-state index contributed by atoms with van der Waals surface area (Å²) >= 11 is 0. The molecule has 6 saturated heterocycles. The molecule has 33 nitrogen and oxygen atoms in total. The molecule has 33 heteroatoms. The highest BCUT2D eigenvalue weighted by atomic mass is 16.8. The van der Waals surface area contributed by atoms with Gasteiger partial charge in [-0.1, -0.05) is 0 Å². The van der Waals surface area contributed by atoms with Crippen LogP contribution in [0.25, 0.3) is 0 Å². The van der Waals surface area contributed by atoms with Gasteiger partial charge >= 0.3 is 0 Å². The molecule has 20 N–H and O–H groups in total. The molecule has 0 radical (unpaired) electrons. The molecule has 30 atom stereocenters. The van der Waals surface area contributed by atoms with Crippen molar-refractivity contribution < 1.29 is 154 Å². The molecule has 6 fully saturated rings. The van der Waals surface area contributed by atoms with E-state index in [-0.39, 0.29) is 0 Å². The fourth-order valence-corrected chi connectivity index (χ4v) is 9.10. The zero-order valence-corrected chi connectivity index (χ0v) is 38.9. The van der Waals surface area contributed by atoms with Gasteiger partial charge in [0.15, 0.2) is 37.7 Å². The maximum absolute atomic E-state index is 12.6. The third kappa shape index (κ3) is 13.2. The molecule has 0 aromatic heterocycles. The SMILES string of the molecule is CC(=O)N[C@@H]1[C@@H](O)[C@H](O[C@@H]2O[C@H](CO[C@H]3O[C@H](CO)[C@@H](O)[C@H](O)[C@@H]3O[C@@H]3O[C@H](CO)[C@@H](O[C@@H]4O[C@H](CO[C@@H]5O[C@H](CO)[C@H](O)[C@H](O)[C@H]5O)[C@H](O)[C@H](O)[C@H]4O)[C@H](O)[C@H]3NC(C)=O)[C@@H](O)[C@H](O)[C@@H]2O)[C@@H](CO)O[C@H]1O. The normalized spacial score (nSPS) is 49.8. The Morgan fingerprint density at radius 1 is 0.356 bits per heavy atom. The minimum Gasteiger partial charge on any atom is -0.394 e. The minimum atomic E-state index is -2.11. The van der Waals surface area contributed by atoms with E-state index in [1.54, 1.807) is 0 Å². The van der Waals surface area contributed by atoms with E-state index >= 15 is 0 Å². The Hall–Kier alpha value is -2.22. The summed E-state index contributed by atoms with van der Waals surface area (Å²) in [4.78, 5) is 24.3. The summed E-state index contributed by atoms with van der Waals surface area (Å²) < 4.78 is 62.2. The first-order valence-electron chi connectivity index (χ1n) is 23.1. The molecule has 6 aliphatic rings. The van der Waals surface area contributed by atoms with Crippen molar-refractivity contribution in [2.75, 3.05) is 39.6 Å². The molecule has 0 unspecified atom stereocenters. The third-order valence-electron chi connectivity index (χ3n) is 13.2. The van der Waals surface area contributed by atoms with Crippen molar-refractivity contribution >= 4 is 11.8 Å². The number of carbonyl (C=O) groups is 2. The Bertz CT molecular complexity index is 1750. The van der Waals surface area contributed by atoms with Crippen LogP contribution in [-0.4, -0.2) is 327 Å². The Kier molecular flexibility index (Phi) is 21.3. The first-order valence-corrected chi connectivity index (χ1v) is 23.1. The molecule has 2 amide bonds. The van der Waals surface area contributed by atoms with Crippen molar-refractivity contribution in [2.24, 2.45) is 0 Å². The summed E-state index contributed by atoms with van der Waals surface area (Å²) in [6, 6.07) is -3.30. The van der Waals surface area contributed by atoms with E-state index in [4.69, 9.17) is 52.1 Å². The molecule has 0 aromatic carbocycles. The van der Waals surface area contributed by atoms with Crippen molar-refractivity contribution in [1.82, 2.24) is 10.6 Å². The largest absolute Gasteiger partial charge is 0.394 e. The van der Waals surface area contributed by atoms with Crippen molar-refractivity contribution in [3.05, 3.63) is 0 Å². The molecule has 0 saturated carbocycles. The van der Waals surface area contributed by atoms with E-state index in [1.807, 2.05) is 0 Å². The minimum absolute atomic E-state index is 0.706. The quantitative estimate of drug-likeness (QED) is 0.0606. The molecule has 0 spiro atoms. The highest BCUT2D eigenvalue weighted by Crippen LogP contribution is 2.35. The standard InChI is InChI=1S/C40H68N2O31/c1-9(47)41-17-23(53)32(13(5-45)65-35(17)62)71-38-30(60)27(57)22(52)16(70-38)8-64-40-34(28(58)20(50)12(4-44)67-40)73-36-18(42-10(2)48)24(54)33(14(6-46)68-36)72-39-31(61)26(56)21(51)15(69-39)7-63-37-29(59)25(55)19(49)11(3-43)66-37/h11-40,43-46,49-62H,3-8H2,1-2H3,(H,41,47)(H,42,48)/t11-,12-,13-,14-,15-,16-,17-,18-,19+,20-,21+,22-,23-,24-,25+,26+,27+,28+,29-,30+,31-,32-,33-,34+,35-,36+,37-,38+,39+,40+/m1/s1. The highest BCUT2D eigenvalue weighted by molar-refractivity contribution is 5.73. The number of amides is 2. The fourth-order valence-electron chi connectivity index (χ4n) is 9.10. The van der Waals surface area contributed by atoms with E-state index in [9.17, 15) is 102 Å². The van der Waals surface area contributed by atoms with Gasteiger partial charge in [-0.3, -0.25) is 9.59 Å². The second kappa shape index (κ2) is 26.0. The molecule has 6 aliphatic heterocycles. The van der Waals surface area contributed by atoms with Crippen LogP contribution < -0.4 is 10.6 Å². The summed E-state index contributed by atoms with van der Waals surface area (Å²) in [5, 5.41) is 196. The number of ether oxygens (including phenoxy) is 11. The fraction of sp³-hybridized carbons (Fsp3) is 0.950. The second-order valence-electron chi connectivity index (χ2n) is 18.3. The number of hydrogen-bond donors (Lipinski definition) is 20. The van der Waals surface area contributed by atoms with E-state index in [0.29, 0.717) is 0 Å². The number of hydrogen-bond acceptors (Lipinski definition) is 31. The van der Waals surface area contributed by atoms with Gasteiger partial charge in [-0.25, -0.2) is 0 Å². The predicted octanol–water partition coefficient (Wildman–Crippen LogP) is -13.8. The zero-order chi connectivity index (χ0) is 53.9. The van der Waals surface area contributed by atoms with Gasteiger partial charge in [0, 0.05) is 13.8 Å². The van der Waals surface area contributed by atoms with Crippen LogP contribution in [0.2, 0.25) is 0 Å². The summed E-state index contributed by atoms with van der Waals surface area (Å²) in [7, 11) is 0. The van der Waals surface area contributed by atoms with E-state index in [0.717, 1.165) is 13.8 Å². The number of rotatable bonds is 18. The molecule has 0 bridgehead atoms. The second-order valence-corrected chi connectivity index (χ2v) is 18.3. The van der Waals surface area contributed by atoms with Crippen molar-refractivity contribution in [3.8, 4) is 0 Å². The first kappa shape index (κ1) is 60.0. The van der Waals surface area contributed by atoms with Gasteiger partial charge < -0.3 is 155 Å². The predicted molar refractivity (Wildman–Crippen MR) is 222 cm³/mol. The van der Waals surface area contributed by atoms with Crippen LogP contribution in [0.1, 0.15) is 13.8 Å². The van der Waals surface area contributed by atoms with Crippen molar-refractivity contribution in [1.29, 1.82) is 0 Å². The van der Waals surface area contributed by atoms with Crippen LogP contribution in [-0.2, 0) is 61.7 Å². The lowest BCUT2D eigenvalue weighted by atomic mass is 9.94. The number of nitrogens with one attached hydrogen (secondary N) is 2. The first-order chi connectivity index (χ1) is 34.5. The van der Waals surface area contributed by atoms with Crippen molar-refractivity contribution in [3.63, 3.8) is 0 Å². The summed E-state index contributed by atoms with van der Waals surface area (Å²) in [6.07, 6.45) is -52.2. The third-order valence-corrected chi connectivity index (χ3v) is 13.2. The van der Waals surface area contributed by atoms with Crippen LogP contribution in [0.15, 0.2) is 0 Å². The average Bonchev–Trinajstić information content (AvgIpc) is 3.35. The van der Waals surface area contributed by atoms with Gasteiger partial charge in [0.2, 0.25) is 11.8 Å². The van der Waals surface area contributed by atoms with Gasteiger partial charge in [-0.2, -0.15) is 0 Å².